The van der Waals surface area contributed by atoms with Crippen LogP contribution in [0.25, 0.3) is 32.3 Å². The van der Waals surface area contributed by atoms with Crippen LogP contribution in [0.2, 0.25) is 0 Å². The van der Waals surface area contributed by atoms with Gasteiger partial charge < -0.3 is 0 Å². The van der Waals surface area contributed by atoms with Crippen LogP contribution in [0.4, 0.5) is 0 Å². The second kappa shape index (κ2) is 4.02. The SMILES string of the molecule is Bc1cc(C)c2ccc3c(B)cc(Br)c4ccc1c2c34. The van der Waals surface area contributed by atoms with Gasteiger partial charge in [-0.15, -0.1) is 0 Å². The average Bonchev–Trinajstić information content (AvgIpc) is 2.42. The van der Waals surface area contributed by atoms with Crippen molar-refractivity contribution in [1.29, 1.82) is 0 Å². The van der Waals surface area contributed by atoms with Gasteiger partial charge in [0.05, 0.1) is 0 Å². The number of rotatable bonds is 0. The van der Waals surface area contributed by atoms with Crippen molar-refractivity contribution in [2.45, 2.75) is 6.92 Å². The summed E-state index contributed by atoms with van der Waals surface area (Å²) in [5.74, 6) is 0. The highest BCUT2D eigenvalue weighted by Crippen LogP contribution is 2.37. The number of hydrogen-bond donors (Lipinski definition) is 0. The molecular formula is C17H13B2Br. The molecule has 0 atom stereocenters. The predicted octanol–water partition coefficient (Wildman–Crippen LogP) is 2.17. The molecule has 0 aliphatic rings. The molecule has 0 saturated carbocycles. The standard InChI is InChI=1S/C17H13B2Br/c1-8-6-13(18)10-4-5-12-15(20)7-14(19)11-3-2-9(8)16(10)17(11)12/h2-7H,18-19H2,1H3. The van der Waals surface area contributed by atoms with Crippen LogP contribution in [0.15, 0.2) is 40.9 Å². The van der Waals surface area contributed by atoms with Gasteiger partial charge in [-0.2, -0.15) is 0 Å². The summed E-state index contributed by atoms with van der Waals surface area (Å²) in [6, 6.07) is 13.6. The van der Waals surface area contributed by atoms with Gasteiger partial charge in [0.1, 0.15) is 15.7 Å². The van der Waals surface area contributed by atoms with Crippen molar-refractivity contribution in [3.8, 4) is 0 Å². The third kappa shape index (κ3) is 1.44. The van der Waals surface area contributed by atoms with Gasteiger partial charge >= 0.3 is 0 Å². The maximum atomic E-state index is 3.73. The van der Waals surface area contributed by atoms with Crippen molar-refractivity contribution in [2.24, 2.45) is 0 Å². The summed E-state index contributed by atoms with van der Waals surface area (Å²) in [5.41, 5.74) is 4.06. The van der Waals surface area contributed by atoms with Gasteiger partial charge in [-0.05, 0) is 44.8 Å². The monoisotopic (exact) mass is 318 g/mol. The van der Waals surface area contributed by atoms with E-state index < -0.39 is 0 Å². The van der Waals surface area contributed by atoms with Crippen LogP contribution >= 0.6 is 15.9 Å². The van der Waals surface area contributed by atoms with Crippen molar-refractivity contribution >= 4 is 74.9 Å². The summed E-state index contributed by atoms with van der Waals surface area (Å²) in [7, 11) is 4.40. The summed E-state index contributed by atoms with van der Waals surface area (Å²) >= 11 is 3.73. The molecule has 4 rings (SSSR count). The van der Waals surface area contributed by atoms with Crippen molar-refractivity contribution in [1.82, 2.24) is 0 Å². The van der Waals surface area contributed by atoms with Crippen molar-refractivity contribution in [3.63, 3.8) is 0 Å². The first kappa shape index (κ1) is 12.3. The minimum Gasteiger partial charge on any atom is -0.0810 e. The van der Waals surface area contributed by atoms with Crippen LogP contribution in [0.1, 0.15) is 5.56 Å². The quantitative estimate of drug-likeness (QED) is 0.344. The largest absolute Gasteiger partial charge is 0.140 e. The average molecular weight is 319 g/mol. The maximum absolute atomic E-state index is 3.73. The Kier molecular flexibility index (Phi) is 2.47. The molecular weight excluding hydrogens is 306 g/mol. The van der Waals surface area contributed by atoms with E-state index >= 15 is 0 Å². The summed E-state index contributed by atoms with van der Waals surface area (Å²) in [4.78, 5) is 0. The lowest BCUT2D eigenvalue weighted by atomic mass is 9.80. The lowest BCUT2D eigenvalue weighted by Crippen LogP contribution is -2.09. The minimum atomic E-state index is 1.19. The predicted molar refractivity (Wildman–Crippen MR) is 98.9 cm³/mol. The molecule has 0 fully saturated rings. The number of aryl methyl sites for hydroxylation is 1. The van der Waals surface area contributed by atoms with Gasteiger partial charge in [-0.25, -0.2) is 0 Å². The second-order valence-electron chi connectivity index (χ2n) is 5.76. The van der Waals surface area contributed by atoms with Gasteiger partial charge in [0.15, 0.2) is 0 Å². The van der Waals surface area contributed by atoms with E-state index in [1.165, 1.54) is 53.3 Å². The Morgan fingerprint density at radius 3 is 1.95 bits per heavy atom. The number of halogens is 1. The maximum Gasteiger partial charge on any atom is 0.140 e. The van der Waals surface area contributed by atoms with Crippen LogP contribution in [-0.4, -0.2) is 15.7 Å². The highest BCUT2D eigenvalue weighted by atomic mass is 79.9. The van der Waals surface area contributed by atoms with E-state index in [0.717, 1.165) is 0 Å². The van der Waals surface area contributed by atoms with Crippen LogP contribution in [0.5, 0.6) is 0 Å². The molecule has 20 heavy (non-hydrogen) atoms. The first-order valence-electron chi connectivity index (χ1n) is 6.92. The molecule has 0 aliphatic carbocycles. The first-order valence-corrected chi connectivity index (χ1v) is 7.71. The topological polar surface area (TPSA) is 0 Å². The van der Waals surface area contributed by atoms with Gasteiger partial charge in [0.2, 0.25) is 0 Å². The molecule has 0 amide bonds. The molecule has 0 N–H and O–H groups in total. The van der Waals surface area contributed by atoms with E-state index in [1.807, 2.05) is 0 Å². The fraction of sp³-hybridized carbons (Fsp3) is 0.0588. The Morgan fingerprint density at radius 2 is 1.25 bits per heavy atom. The van der Waals surface area contributed by atoms with Crippen molar-refractivity contribution in [2.75, 3.05) is 0 Å². The fourth-order valence-electron chi connectivity index (χ4n) is 3.51. The zero-order chi connectivity index (χ0) is 14.0. The van der Waals surface area contributed by atoms with Crippen molar-refractivity contribution in [3.05, 3.63) is 46.4 Å². The molecule has 0 aromatic heterocycles. The van der Waals surface area contributed by atoms with Crippen LogP contribution in [0.3, 0.4) is 0 Å². The highest BCUT2D eigenvalue weighted by molar-refractivity contribution is 9.10. The Hall–Kier alpha value is -1.47. The lowest BCUT2D eigenvalue weighted by molar-refractivity contribution is 1.56. The smallest absolute Gasteiger partial charge is 0.0810 e. The molecule has 0 bridgehead atoms. The molecule has 0 heterocycles. The van der Waals surface area contributed by atoms with E-state index in [9.17, 15) is 0 Å². The van der Waals surface area contributed by atoms with Crippen LogP contribution in [-0.2, 0) is 0 Å². The Morgan fingerprint density at radius 1 is 0.750 bits per heavy atom. The molecule has 0 nitrogen and oxygen atoms in total. The summed E-state index contributed by atoms with van der Waals surface area (Å²) < 4.78 is 1.19. The Labute approximate surface area is 128 Å². The molecule has 4 aromatic rings. The molecule has 94 valence electrons. The van der Waals surface area contributed by atoms with E-state index in [4.69, 9.17) is 0 Å². The third-order valence-corrected chi connectivity index (χ3v) is 5.12. The molecule has 0 radical (unpaired) electrons. The van der Waals surface area contributed by atoms with Crippen LogP contribution < -0.4 is 10.9 Å². The van der Waals surface area contributed by atoms with E-state index in [2.05, 4.69) is 74.9 Å². The minimum absolute atomic E-state index is 1.19. The van der Waals surface area contributed by atoms with E-state index in [0.29, 0.717) is 0 Å². The van der Waals surface area contributed by atoms with Crippen LogP contribution in [0, 0.1) is 6.92 Å². The molecule has 0 unspecified atom stereocenters. The van der Waals surface area contributed by atoms with E-state index in [1.54, 1.807) is 0 Å². The molecule has 3 heteroatoms. The highest BCUT2D eigenvalue weighted by Gasteiger charge is 2.13. The molecule has 0 aliphatic heterocycles. The molecule has 0 saturated heterocycles. The lowest BCUT2D eigenvalue weighted by Gasteiger charge is -2.16. The zero-order valence-corrected chi connectivity index (χ0v) is 13.4. The van der Waals surface area contributed by atoms with E-state index in [-0.39, 0.29) is 0 Å². The number of hydrogen-bond acceptors (Lipinski definition) is 0. The zero-order valence-electron chi connectivity index (χ0n) is 11.8. The Bertz CT molecular complexity index is 835. The first-order chi connectivity index (χ1) is 9.58. The molecule has 4 aromatic carbocycles. The van der Waals surface area contributed by atoms with Crippen molar-refractivity contribution < 1.29 is 0 Å². The summed E-state index contributed by atoms with van der Waals surface area (Å²) in [6.07, 6.45) is 0. The summed E-state index contributed by atoms with van der Waals surface area (Å²) in [6.45, 7) is 2.21. The van der Waals surface area contributed by atoms with Gasteiger partial charge in [-0.1, -0.05) is 63.3 Å². The second-order valence-corrected chi connectivity index (χ2v) is 6.61. The Balaban J connectivity index is 2.47. The summed E-state index contributed by atoms with van der Waals surface area (Å²) in [5, 5.41) is 8.25. The van der Waals surface area contributed by atoms with Gasteiger partial charge in [-0.3, -0.25) is 0 Å². The van der Waals surface area contributed by atoms with Gasteiger partial charge in [0, 0.05) is 4.47 Å². The van der Waals surface area contributed by atoms with Gasteiger partial charge in [0.25, 0.3) is 0 Å². The third-order valence-electron chi connectivity index (χ3n) is 4.47. The fourth-order valence-corrected chi connectivity index (χ4v) is 4.18. The molecule has 0 spiro atoms. The number of benzene rings is 4. The normalized spacial score (nSPS) is 11.9.